The fourth-order valence-electron chi connectivity index (χ4n) is 7.50. The van der Waals surface area contributed by atoms with Gasteiger partial charge in [0.1, 0.15) is 6.10 Å². The van der Waals surface area contributed by atoms with Crippen LogP contribution in [0.4, 0.5) is 0 Å². The molecule has 0 fully saturated rings. The first kappa shape index (κ1) is 56.8. The van der Waals surface area contributed by atoms with Crippen molar-refractivity contribution in [2.75, 3.05) is 6.61 Å². The molecule has 0 aliphatic carbocycles. The molecule has 0 radical (unpaired) electrons. The molecule has 0 aliphatic heterocycles. The minimum absolute atomic E-state index is 0.0597. The molecule has 0 bridgehead atoms. The van der Waals surface area contributed by atoms with Crippen molar-refractivity contribution in [3.8, 4) is 0 Å². The van der Waals surface area contributed by atoms with E-state index >= 15 is 0 Å². The van der Waals surface area contributed by atoms with E-state index in [2.05, 4.69) is 74.7 Å². The number of hydrogen-bond acceptors (Lipinski definition) is 5. The van der Waals surface area contributed by atoms with Crippen LogP contribution in [0.25, 0.3) is 0 Å². The lowest BCUT2D eigenvalue weighted by Crippen LogP contribution is -2.46. The first-order valence-electron chi connectivity index (χ1n) is 25.4. The smallest absolute Gasteiger partial charge is 0.306 e. The standard InChI is InChI=1S/C53H97NO5/c1-4-7-10-13-16-19-22-24-25-26-27-29-30-32-35-38-41-44-49(59-53(58)46-43-40-37-34-21-18-15-12-9-6-3)47-52(57)54-50(48-55)51(56)45-42-39-36-33-31-28-23-20-17-14-11-8-5-2/h12,15-16,19,24-25,27,29,49-51,55-56H,4-11,13-14,17-18,20-23,26,28,30-48H2,1-3H3,(H,54,57)/b15-12-,19-16-,25-24-,29-27-. The Kier molecular flexibility index (Phi) is 45.1. The number of nitrogens with one attached hydrogen (secondary N) is 1. The topological polar surface area (TPSA) is 95.9 Å². The van der Waals surface area contributed by atoms with E-state index in [4.69, 9.17) is 4.74 Å². The van der Waals surface area contributed by atoms with Gasteiger partial charge in [0.2, 0.25) is 5.91 Å². The van der Waals surface area contributed by atoms with E-state index in [0.717, 1.165) is 96.3 Å². The molecule has 0 aromatic rings. The Morgan fingerprint density at radius 3 is 1.42 bits per heavy atom. The Morgan fingerprint density at radius 1 is 0.492 bits per heavy atom. The van der Waals surface area contributed by atoms with E-state index in [1.54, 1.807) is 0 Å². The van der Waals surface area contributed by atoms with Crippen LogP contribution in [0.3, 0.4) is 0 Å². The summed E-state index contributed by atoms with van der Waals surface area (Å²) in [5.74, 6) is -0.505. The molecule has 0 saturated carbocycles. The Balaban J connectivity index is 4.61. The monoisotopic (exact) mass is 828 g/mol. The second kappa shape index (κ2) is 46.9. The molecule has 6 nitrogen and oxygen atoms in total. The van der Waals surface area contributed by atoms with Crippen LogP contribution in [-0.2, 0) is 14.3 Å². The molecule has 0 aromatic carbocycles. The van der Waals surface area contributed by atoms with E-state index in [0.29, 0.717) is 19.3 Å². The van der Waals surface area contributed by atoms with E-state index in [9.17, 15) is 19.8 Å². The van der Waals surface area contributed by atoms with Crippen LogP contribution in [-0.4, -0.2) is 46.9 Å². The quantitative estimate of drug-likeness (QED) is 0.0323. The third-order valence-corrected chi connectivity index (χ3v) is 11.4. The Morgan fingerprint density at radius 2 is 0.898 bits per heavy atom. The van der Waals surface area contributed by atoms with Crippen molar-refractivity contribution in [2.45, 2.75) is 270 Å². The summed E-state index contributed by atoms with van der Waals surface area (Å²) in [6.07, 6.45) is 56.0. The highest BCUT2D eigenvalue weighted by atomic mass is 16.5. The van der Waals surface area contributed by atoms with Crippen molar-refractivity contribution in [1.82, 2.24) is 5.32 Å². The number of aliphatic hydroxyl groups is 2. The van der Waals surface area contributed by atoms with Gasteiger partial charge in [0.15, 0.2) is 0 Å². The van der Waals surface area contributed by atoms with Crippen molar-refractivity contribution in [3.05, 3.63) is 48.6 Å². The fourth-order valence-corrected chi connectivity index (χ4v) is 7.50. The van der Waals surface area contributed by atoms with Crippen LogP contribution in [0, 0.1) is 0 Å². The molecule has 1 amide bonds. The molecule has 0 heterocycles. The Labute approximate surface area is 366 Å². The molecular formula is C53H97NO5. The summed E-state index contributed by atoms with van der Waals surface area (Å²) in [5.41, 5.74) is 0. The van der Waals surface area contributed by atoms with Gasteiger partial charge >= 0.3 is 5.97 Å². The van der Waals surface area contributed by atoms with E-state index in [1.165, 1.54) is 109 Å². The zero-order valence-corrected chi connectivity index (χ0v) is 39.1. The lowest BCUT2D eigenvalue weighted by molar-refractivity contribution is -0.151. The molecule has 3 unspecified atom stereocenters. The van der Waals surface area contributed by atoms with Gasteiger partial charge in [0, 0.05) is 6.42 Å². The second-order valence-electron chi connectivity index (χ2n) is 17.2. The number of carbonyl (C=O) groups is 2. The van der Waals surface area contributed by atoms with Gasteiger partial charge in [0.25, 0.3) is 0 Å². The number of ether oxygens (including phenoxy) is 1. The second-order valence-corrected chi connectivity index (χ2v) is 17.2. The van der Waals surface area contributed by atoms with Crippen LogP contribution < -0.4 is 5.32 Å². The molecule has 3 atom stereocenters. The minimum atomic E-state index is -0.794. The van der Waals surface area contributed by atoms with Gasteiger partial charge in [0.05, 0.1) is 25.2 Å². The Bertz CT molecular complexity index is 1020. The summed E-state index contributed by atoms with van der Waals surface area (Å²) >= 11 is 0. The van der Waals surface area contributed by atoms with Crippen LogP contribution in [0.15, 0.2) is 48.6 Å². The van der Waals surface area contributed by atoms with E-state index in [1.807, 2.05) is 0 Å². The Hall–Kier alpha value is -2.18. The van der Waals surface area contributed by atoms with E-state index in [-0.39, 0.29) is 24.9 Å². The molecule has 0 rings (SSSR count). The molecule has 0 aliphatic rings. The molecule has 344 valence electrons. The summed E-state index contributed by atoms with van der Waals surface area (Å²) < 4.78 is 5.91. The van der Waals surface area contributed by atoms with Crippen LogP contribution >= 0.6 is 0 Å². The number of hydrogen-bond donors (Lipinski definition) is 3. The molecule has 0 aromatic heterocycles. The third kappa shape index (κ3) is 42.3. The predicted octanol–water partition coefficient (Wildman–Crippen LogP) is 15.1. The summed E-state index contributed by atoms with van der Waals surface area (Å²) in [5, 5.41) is 23.7. The van der Waals surface area contributed by atoms with Crippen molar-refractivity contribution < 1.29 is 24.5 Å². The normalized spacial score (nSPS) is 13.6. The highest BCUT2D eigenvalue weighted by molar-refractivity contribution is 5.77. The highest BCUT2D eigenvalue weighted by Gasteiger charge is 2.24. The SMILES string of the molecule is CCC/C=C\CCCCCCCC(=O)OC(CCCCCC/C=C\C/C=C\C/C=C\CCCCC)CC(=O)NC(CO)C(O)CCCCCCCCCCCCCCC. The zero-order chi connectivity index (χ0) is 43.1. The van der Waals surface area contributed by atoms with Gasteiger partial charge in [-0.25, -0.2) is 0 Å². The molecule has 0 saturated heterocycles. The van der Waals surface area contributed by atoms with Gasteiger partial charge < -0.3 is 20.3 Å². The average Bonchev–Trinajstić information content (AvgIpc) is 3.23. The van der Waals surface area contributed by atoms with Gasteiger partial charge in [-0.2, -0.15) is 0 Å². The number of esters is 1. The van der Waals surface area contributed by atoms with Crippen LogP contribution in [0.5, 0.6) is 0 Å². The van der Waals surface area contributed by atoms with Crippen molar-refractivity contribution in [3.63, 3.8) is 0 Å². The first-order valence-corrected chi connectivity index (χ1v) is 25.4. The predicted molar refractivity (Wildman–Crippen MR) is 255 cm³/mol. The van der Waals surface area contributed by atoms with Gasteiger partial charge in [-0.1, -0.05) is 204 Å². The highest BCUT2D eigenvalue weighted by Crippen LogP contribution is 2.17. The maximum atomic E-state index is 13.2. The molecule has 6 heteroatoms. The summed E-state index contributed by atoms with van der Waals surface area (Å²) in [4.78, 5) is 26.1. The van der Waals surface area contributed by atoms with Gasteiger partial charge in [-0.15, -0.1) is 0 Å². The number of unbranched alkanes of at least 4 members (excludes halogenated alkanes) is 25. The van der Waals surface area contributed by atoms with Crippen molar-refractivity contribution in [1.29, 1.82) is 0 Å². The maximum Gasteiger partial charge on any atom is 0.306 e. The van der Waals surface area contributed by atoms with Gasteiger partial charge in [-0.05, 0) is 83.5 Å². The summed E-state index contributed by atoms with van der Waals surface area (Å²) in [6, 6.07) is -0.709. The minimum Gasteiger partial charge on any atom is -0.462 e. The number of allylic oxidation sites excluding steroid dienone is 8. The molecule has 59 heavy (non-hydrogen) atoms. The van der Waals surface area contributed by atoms with Crippen molar-refractivity contribution in [2.24, 2.45) is 0 Å². The number of carbonyl (C=O) groups excluding carboxylic acids is 2. The van der Waals surface area contributed by atoms with Crippen LogP contribution in [0.2, 0.25) is 0 Å². The fraction of sp³-hybridized carbons (Fsp3) is 0.811. The van der Waals surface area contributed by atoms with Gasteiger partial charge in [-0.3, -0.25) is 9.59 Å². The maximum absolute atomic E-state index is 13.2. The van der Waals surface area contributed by atoms with Crippen molar-refractivity contribution >= 4 is 11.9 Å². The summed E-state index contributed by atoms with van der Waals surface area (Å²) in [7, 11) is 0. The third-order valence-electron chi connectivity index (χ3n) is 11.4. The molecular weight excluding hydrogens is 731 g/mol. The lowest BCUT2D eigenvalue weighted by Gasteiger charge is -2.24. The average molecular weight is 828 g/mol. The van der Waals surface area contributed by atoms with E-state index < -0.39 is 18.2 Å². The lowest BCUT2D eigenvalue weighted by atomic mass is 10.0. The number of amides is 1. The molecule has 0 spiro atoms. The zero-order valence-electron chi connectivity index (χ0n) is 39.1. The molecule has 3 N–H and O–H groups in total. The number of rotatable bonds is 45. The van der Waals surface area contributed by atoms with Crippen LogP contribution in [0.1, 0.15) is 252 Å². The largest absolute Gasteiger partial charge is 0.462 e. The summed E-state index contributed by atoms with van der Waals surface area (Å²) in [6.45, 7) is 6.39. The number of aliphatic hydroxyl groups excluding tert-OH is 2. The first-order chi connectivity index (χ1) is 29.0.